The van der Waals surface area contributed by atoms with Crippen LogP contribution in [0.25, 0.3) is 0 Å². The monoisotopic (exact) mass is 332 g/mol. The molecule has 1 aromatic carbocycles. The first kappa shape index (κ1) is 16.9. The minimum Gasteiger partial charge on any atom is -0.351 e. The average Bonchev–Trinajstić information content (AvgIpc) is 2.77. The Bertz CT molecular complexity index is 597. The van der Waals surface area contributed by atoms with Crippen LogP contribution in [0.1, 0.15) is 50.5 Å². The lowest BCUT2D eigenvalue weighted by atomic mass is 9.99. The maximum atomic E-state index is 13.3. The Morgan fingerprint density at radius 2 is 1.96 bits per heavy atom. The molecule has 1 atom stereocenters. The lowest BCUT2D eigenvalue weighted by Gasteiger charge is -2.19. The molecule has 1 saturated carbocycles. The topological polar surface area (TPSA) is 49.4 Å². The van der Waals surface area contributed by atoms with Crippen LogP contribution >= 0.6 is 0 Å². The van der Waals surface area contributed by atoms with Gasteiger partial charge in [0.25, 0.3) is 0 Å². The van der Waals surface area contributed by atoms with Crippen LogP contribution in [0.5, 0.6) is 0 Å². The number of carbonyl (C=O) groups excluding carboxylic acids is 2. The van der Waals surface area contributed by atoms with Crippen LogP contribution in [-0.2, 0) is 16.1 Å². The summed E-state index contributed by atoms with van der Waals surface area (Å²) >= 11 is 0. The van der Waals surface area contributed by atoms with Crippen molar-refractivity contribution >= 4 is 11.8 Å². The highest BCUT2D eigenvalue weighted by Crippen LogP contribution is 2.24. The molecule has 4 nitrogen and oxygen atoms in total. The van der Waals surface area contributed by atoms with Crippen molar-refractivity contribution in [3.8, 4) is 0 Å². The summed E-state index contributed by atoms with van der Waals surface area (Å²) in [5, 5.41) is 3.06. The number of benzene rings is 1. The molecule has 0 spiro atoms. The molecular formula is C19H25FN2O2. The van der Waals surface area contributed by atoms with Crippen molar-refractivity contribution in [1.29, 1.82) is 0 Å². The van der Waals surface area contributed by atoms with E-state index in [0.717, 1.165) is 31.2 Å². The van der Waals surface area contributed by atoms with Gasteiger partial charge in [0.05, 0.1) is 6.04 Å². The predicted molar refractivity (Wildman–Crippen MR) is 89.6 cm³/mol. The number of hydrogen-bond donors (Lipinski definition) is 1. The van der Waals surface area contributed by atoms with Gasteiger partial charge in [-0.15, -0.1) is 0 Å². The van der Waals surface area contributed by atoms with Gasteiger partial charge in [-0.25, -0.2) is 4.39 Å². The molecule has 5 heteroatoms. The Kier molecular flexibility index (Phi) is 5.48. The van der Waals surface area contributed by atoms with Crippen molar-refractivity contribution < 1.29 is 14.0 Å². The van der Waals surface area contributed by atoms with Crippen molar-refractivity contribution in [2.45, 2.75) is 57.5 Å². The summed E-state index contributed by atoms with van der Waals surface area (Å²) in [6.07, 6.45) is 6.92. The first-order valence-electron chi connectivity index (χ1n) is 8.94. The largest absolute Gasteiger partial charge is 0.351 e. The lowest BCUT2D eigenvalue weighted by molar-refractivity contribution is -0.128. The van der Waals surface area contributed by atoms with E-state index >= 15 is 0 Å². The molecule has 0 unspecified atom stereocenters. The zero-order valence-corrected chi connectivity index (χ0v) is 14.0. The number of rotatable bonds is 4. The number of hydrogen-bond acceptors (Lipinski definition) is 2. The zero-order chi connectivity index (χ0) is 16.9. The fourth-order valence-electron chi connectivity index (χ4n) is 3.74. The van der Waals surface area contributed by atoms with E-state index in [-0.39, 0.29) is 29.6 Å². The Morgan fingerprint density at radius 3 is 2.67 bits per heavy atom. The quantitative estimate of drug-likeness (QED) is 0.862. The molecule has 1 heterocycles. The molecule has 1 aliphatic carbocycles. The Balaban J connectivity index is 1.53. The van der Waals surface area contributed by atoms with E-state index in [1.165, 1.54) is 25.0 Å². The van der Waals surface area contributed by atoms with Crippen molar-refractivity contribution in [3.63, 3.8) is 0 Å². The highest BCUT2D eigenvalue weighted by atomic mass is 19.1. The van der Waals surface area contributed by atoms with Gasteiger partial charge in [0.2, 0.25) is 11.8 Å². The lowest BCUT2D eigenvalue weighted by Crippen LogP contribution is -2.40. The second-order valence-electron chi connectivity index (χ2n) is 7.00. The average molecular weight is 332 g/mol. The molecule has 1 N–H and O–H groups in total. The maximum absolute atomic E-state index is 13.3. The summed E-state index contributed by atoms with van der Waals surface area (Å²) in [4.78, 5) is 26.3. The molecule has 0 bridgehead atoms. The molecule has 0 aromatic heterocycles. The van der Waals surface area contributed by atoms with Gasteiger partial charge >= 0.3 is 0 Å². The Hall–Kier alpha value is -1.91. The fraction of sp³-hybridized carbons (Fsp3) is 0.579. The molecule has 0 radical (unpaired) electrons. The number of likely N-dealkylation sites (tertiary alicyclic amines) is 1. The smallest absolute Gasteiger partial charge is 0.225 e. The first-order chi connectivity index (χ1) is 11.6. The SMILES string of the molecule is O=C(N[C@@H]1CC(=O)N(Cc2cccc(F)c2)C1)C1CCCCCC1. The summed E-state index contributed by atoms with van der Waals surface area (Å²) < 4.78 is 13.3. The molecule has 1 aromatic rings. The number of nitrogens with zero attached hydrogens (tertiary/aromatic N) is 1. The van der Waals surface area contributed by atoms with Crippen molar-refractivity contribution in [3.05, 3.63) is 35.6 Å². The van der Waals surface area contributed by atoms with Crippen LogP contribution in [0.4, 0.5) is 4.39 Å². The van der Waals surface area contributed by atoms with Crippen LogP contribution in [-0.4, -0.2) is 29.3 Å². The van der Waals surface area contributed by atoms with Crippen LogP contribution in [0, 0.1) is 11.7 Å². The van der Waals surface area contributed by atoms with E-state index in [1.807, 2.05) is 6.07 Å². The third-order valence-corrected chi connectivity index (χ3v) is 5.05. The third kappa shape index (κ3) is 4.34. The van der Waals surface area contributed by atoms with E-state index in [2.05, 4.69) is 5.32 Å². The van der Waals surface area contributed by atoms with Crippen molar-refractivity contribution in [2.75, 3.05) is 6.54 Å². The van der Waals surface area contributed by atoms with Crippen LogP contribution < -0.4 is 5.32 Å². The van der Waals surface area contributed by atoms with Gasteiger partial charge in [-0.2, -0.15) is 0 Å². The molecule has 2 amide bonds. The van der Waals surface area contributed by atoms with Gasteiger partial charge < -0.3 is 10.2 Å². The Labute approximate surface area is 142 Å². The molecule has 3 rings (SSSR count). The van der Waals surface area contributed by atoms with Crippen molar-refractivity contribution in [2.24, 2.45) is 5.92 Å². The molecule has 1 saturated heterocycles. The van der Waals surface area contributed by atoms with Crippen LogP contribution in [0.15, 0.2) is 24.3 Å². The number of amides is 2. The molecule has 2 fully saturated rings. The number of nitrogens with one attached hydrogen (secondary N) is 1. The predicted octanol–water partition coefficient (Wildman–Crippen LogP) is 3.01. The minimum atomic E-state index is -0.294. The maximum Gasteiger partial charge on any atom is 0.225 e. The number of halogens is 1. The number of carbonyl (C=O) groups is 2. The molecule has 1 aliphatic heterocycles. The van der Waals surface area contributed by atoms with E-state index in [1.54, 1.807) is 11.0 Å². The van der Waals surface area contributed by atoms with Crippen molar-refractivity contribution in [1.82, 2.24) is 10.2 Å². The standard InChI is InChI=1S/C19H25FN2O2/c20-16-9-5-6-14(10-16)12-22-13-17(11-18(22)23)21-19(24)15-7-3-1-2-4-8-15/h5-6,9-10,15,17H,1-4,7-8,11-13H2,(H,21,24)/t17-/m1/s1. The summed E-state index contributed by atoms with van der Waals surface area (Å²) in [5.41, 5.74) is 0.777. The van der Waals surface area contributed by atoms with Gasteiger partial charge in [-0.3, -0.25) is 9.59 Å². The first-order valence-corrected chi connectivity index (χ1v) is 8.94. The van der Waals surface area contributed by atoms with E-state index in [0.29, 0.717) is 19.5 Å². The highest BCUT2D eigenvalue weighted by molar-refractivity contribution is 5.83. The summed E-state index contributed by atoms with van der Waals surface area (Å²) in [5.74, 6) is -0.0787. The summed E-state index contributed by atoms with van der Waals surface area (Å²) in [6, 6.07) is 6.18. The van der Waals surface area contributed by atoms with E-state index < -0.39 is 0 Å². The third-order valence-electron chi connectivity index (χ3n) is 5.05. The zero-order valence-electron chi connectivity index (χ0n) is 14.0. The van der Waals surface area contributed by atoms with Gasteiger partial charge in [-0.05, 0) is 30.5 Å². The molecule has 24 heavy (non-hydrogen) atoms. The van der Waals surface area contributed by atoms with Crippen LogP contribution in [0.2, 0.25) is 0 Å². The fourth-order valence-corrected chi connectivity index (χ4v) is 3.74. The normalized spacial score (nSPS) is 22.5. The van der Waals surface area contributed by atoms with E-state index in [4.69, 9.17) is 0 Å². The van der Waals surface area contributed by atoms with Crippen LogP contribution in [0.3, 0.4) is 0 Å². The second kappa shape index (κ2) is 7.77. The molecule has 2 aliphatic rings. The molecule has 130 valence electrons. The van der Waals surface area contributed by atoms with Gasteiger partial charge in [-0.1, -0.05) is 37.8 Å². The van der Waals surface area contributed by atoms with Gasteiger partial charge in [0, 0.05) is 25.4 Å². The van der Waals surface area contributed by atoms with Gasteiger partial charge in [0.1, 0.15) is 5.82 Å². The molecular weight excluding hydrogens is 307 g/mol. The second-order valence-corrected chi connectivity index (χ2v) is 7.00. The highest BCUT2D eigenvalue weighted by Gasteiger charge is 2.32. The minimum absolute atomic E-state index is 0.0189. The summed E-state index contributed by atoms with van der Waals surface area (Å²) in [6.45, 7) is 0.903. The summed E-state index contributed by atoms with van der Waals surface area (Å²) in [7, 11) is 0. The Morgan fingerprint density at radius 1 is 1.21 bits per heavy atom. The van der Waals surface area contributed by atoms with E-state index in [9.17, 15) is 14.0 Å². The van der Waals surface area contributed by atoms with Gasteiger partial charge in [0.15, 0.2) is 0 Å².